The fraction of sp³-hybridized carbons (Fsp3) is 0.643. The fourth-order valence-corrected chi connectivity index (χ4v) is 1.97. The molecule has 96 valence electrons. The largest absolute Gasteiger partial charge is 0.382 e. The molecule has 0 aliphatic rings. The van der Waals surface area contributed by atoms with Gasteiger partial charge >= 0.3 is 0 Å². The molecular formula is C14H24N2O. The van der Waals surface area contributed by atoms with Gasteiger partial charge in [-0.3, -0.25) is 4.98 Å². The van der Waals surface area contributed by atoms with Gasteiger partial charge in [0.1, 0.15) is 0 Å². The number of methoxy groups -OCH3 is 1. The fourth-order valence-electron chi connectivity index (χ4n) is 1.97. The molecule has 0 aliphatic carbocycles. The Balaban J connectivity index is 2.68. The van der Waals surface area contributed by atoms with E-state index in [1.807, 2.05) is 12.4 Å². The SMILES string of the molecule is CCNC(CCC(C)OC)c1cnccc1C. The van der Waals surface area contributed by atoms with Crippen LogP contribution in [0.2, 0.25) is 0 Å². The average Bonchev–Trinajstić information content (AvgIpc) is 2.35. The van der Waals surface area contributed by atoms with Crippen LogP contribution in [0.5, 0.6) is 0 Å². The smallest absolute Gasteiger partial charge is 0.0543 e. The topological polar surface area (TPSA) is 34.1 Å². The summed E-state index contributed by atoms with van der Waals surface area (Å²) in [7, 11) is 1.77. The van der Waals surface area contributed by atoms with Crippen LogP contribution in [0.15, 0.2) is 18.5 Å². The summed E-state index contributed by atoms with van der Waals surface area (Å²) in [6, 6.07) is 2.45. The van der Waals surface area contributed by atoms with Crippen molar-refractivity contribution in [2.75, 3.05) is 13.7 Å². The van der Waals surface area contributed by atoms with E-state index in [1.54, 1.807) is 7.11 Å². The Morgan fingerprint density at radius 3 is 2.76 bits per heavy atom. The van der Waals surface area contributed by atoms with Crippen LogP contribution in [0.1, 0.15) is 43.9 Å². The third-order valence-electron chi connectivity index (χ3n) is 3.17. The van der Waals surface area contributed by atoms with E-state index >= 15 is 0 Å². The van der Waals surface area contributed by atoms with E-state index in [2.05, 4.69) is 37.1 Å². The molecule has 3 nitrogen and oxygen atoms in total. The quantitative estimate of drug-likeness (QED) is 0.790. The van der Waals surface area contributed by atoms with Gasteiger partial charge in [0, 0.05) is 25.5 Å². The van der Waals surface area contributed by atoms with Crippen LogP contribution in [-0.4, -0.2) is 24.7 Å². The Morgan fingerprint density at radius 1 is 1.41 bits per heavy atom. The standard InChI is InChI=1S/C14H24N2O/c1-5-16-14(7-6-12(3)17-4)13-10-15-9-8-11(13)2/h8-10,12,14,16H,5-7H2,1-4H3. The van der Waals surface area contributed by atoms with Crippen molar-refractivity contribution in [1.82, 2.24) is 10.3 Å². The van der Waals surface area contributed by atoms with E-state index < -0.39 is 0 Å². The van der Waals surface area contributed by atoms with Crippen LogP contribution in [0.4, 0.5) is 0 Å². The zero-order chi connectivity index (χ0) is 12.7. The van der Waals surface area contributed by atoms with Crippen LogP contribution in [0.25, 0.3) is 0 Å². The summed E-state index contributed by atoms with van der Waals surface area (Å²) in [5.41, 5.74) is 2.61. The van der Waals surface area contributed by atoms with Crippen molar-refractivity contribution in [3.05, 3.63) is 29.6 Å². The van der Waals surface area contributed by atoms with E-state index in [0.29, 0.717) is 12.1 Å². The molecule has 0 spiro atoms. The Labute approximate surface area is 105 Å². The van der Waals surface area contributed by atoms with Crippen LogP contribution < -0.4 is 5.32 Å². The Hall–Kier alpha value is -0.930. The lowest BCUT2D eigenvalue weighted by Crippen LogP contribution is -2.23. The summed E-state index contributed by atoms with van der Waals surface area (Å²) < 4.78 is 5.30. The highest BCUT2D eigenvalue weighted by Gasteiger charge is 2.14. The molecule has 2 unspecified atom stereocenters. The second kappa shape index (κ2) is 7.41. The Morgan fingerprint density at radius 2 is 2.18 bits per heavy atom. The molecule has 0 fully saturated rings. The predicted octanol–water partition coefficient (Wildman–Crippen LogP) is 2.86. The van der Waals surface area contributed by atoms with E-state index in [0.717, 1.165) is 19.4 Å². The summed E-state index contributed by atoms with van der Waals surface area (Å²) in [5.74, 6) is 0. The minimum absolute atomic E-state index is 0.313. The van der Waals surface area contributed by atoms with E-state index in [-0.39, 0.29) is 0 Å². The van der Waals surface area contributed by atoms with Gasteiger partial charge in [-0.05, 0) is 50.4 Å². The van der Waals surface area contributed by atoms with Crippen molar-refractivity contribution >= 4 is 0 Å². The van der Waals surface area contributed by atoms with Crippen molar-refractivity contribution in [3.8, 4) is 0 Å². The van der Waals surface area contributed by atoms with E-state index in [4.69, 9.17) is 4.74 Å². The van der Waals surface area contributed by atoms with Gasteiger partial charge in [-0.1, -0.05) is 6.92 Å². The zero-order valence-corrected chi connectivity index (χ0v) is 11.4. The molecule has 0 saturated carbocycles. The second-order valence-electron chi connectivity index (χ2n) is 4.47. The number of rotatable bonds is 7. The first-order valence-corrected chi connectivity index (χ1v) is 6.35. The van der Waals surface area contributed by atoms with Gasteiger partial charge in [-0.15, -0.1) is 0 Å². The molecule has 1 N–H and O–H groups in total. The number of nitrogens with zero attached hydrogens (tertiary/aromatic N) is 1. The molecule has 0 aromatic carbocycles. The molecule has 1 aromatic heterocycles. The first-order chi connectivity index (χ1) is 8.19. The van der Waals surface area contributed by atoms with Gasteiger partial charge < -0.3 is 10.1 Å². The molecule has 0 saturated heterocycles. The predicted molar refractivity (Wildman–Crippen MR) is 71.1 cm³/mol. The number of aryl methyl sites for hydroxylation is 1. The molecule has 1 heterocycles. The maximum atomic E-state index is 5.30. The highest BCUT2D eigenvalue weighted by Crippen LogP contribution is 2.22. The number of aromatic nitrogens is 1. The lowest BCUT2D eigenvalue weighted by molar-refractivity contribution is 0.106. The van der Waals surface area contributed by atoms with Crippen LogP contribution in [-0.2, 0) is 4.74 Å². The van der Waals surface area contributed by atoms with Crippen molar-refractivity contribution in [2.24, 2.45) is 0 Å². The number of hydrogen-bond donors (Lipinski definition) is 1. The minimum atomic E-state index is 0.313. The number of pyridine rings is 1. The highest BCUT2D eigenvalue weighted by atomic mass is 16.5. The normalized spacial score (nSPS) is 14.6. The summed E-state index contributed by atoms with van der Waals surface area (Å²) in [6.07, 6.45) is 6.27. The molecule has 1 aromatic rings. The third kappa shape index (κ3) is 4.44. The molecule has 0 bridgehead atoms. The Bertz CT molecular complexity index is 328. The summed E-state index contributed by atoms with van der Waals surface area (Å²) in [6.45, 7) is 7.36. The van der Waals surface area contributed by atoms with Gasteiger partial charge in [0.25, 0.3) is 0 Å². The van der Waals surface area contributed by atoms with Crippen molar-refractivity contribution in [3.63, 3.8) is 0 Å². The van der Waals surface area contributed by atoms with Crippen molar-refractivity contribution in [2.45, 2.75) is 45.8 Å². The first-order valence-electron chi connectivity index (χ1n) is 6.35. The van der Waals surface area contributed by atoms with Crippen LogP contribution in [0.3, 0.4) is 0 Å². The molecule has 0 radical (unpaired) electrons. The minimum Gasteiger partial charge on any atom is -0.382 e. The molecular weight excluding hydrogens is 212 g/mol. The highest BCUT2D eigenvalue weighted by molar-refractivity contribution is 5.25. The molecule has 2 atom stereocenters. The zero-order valence-electron chi connectivity index (χ0n) is 11.4. The van der Waals surface area contributed by atoms with Crippen molar-refractivity contribution < 1.29 is 4.74 Å². The Kier molecular flexibility index (Phi) is 6.16. The van der Waals surface area contributed by atoms with Gasteiger partial charge in [0.15, 0.2) is 0 Å². The molecule has 3 heteroatoms. The van der Waals surface area contributed by atoms with Crippen LogP contribution in [0, 0.1) is 6.92 Å². The van der Waals surface area contributed by atoms with E-state index in [1.165, 1.54) is 11.1 Å². The number of nitrogens with one attached hydrogen (secondary N) is 1. The third-order valence-corrected chi connectivity index (χ3v) is 3.17. The molecule has 0 aliphatic heterocycles. The van der Waals surface area contributed by atoms with Crippen molar-refractivity contribution in [1.29, 1.82) is 0 Å². The first kappa shape index (κ1) is 14.1. The molecule has 1 rings (SSSR count). The lowest BCUT2D eigenvalue weighted by Gasteiger charge is -2.21. The van der Waals surface area contributed by atoms with Gasteiger partial charge in [0.2, 0.25) is 0 Å². The van der Waals surface area contributed by atoms with Gasteiger partial charge in [-0.25, -0.2) is 0 Å². The molecule has 0 amide bonds. The molecule has 17 heavy (non-hydrogen) atoms. The summed E-state index contributed by atoms with van der Waals surface area (Å²) >= 11 is 0. The maximum absolute atomic E-state index is 5.30. The van der Waals surface area contributed by atoms with Gasteiger partial charge in [-0.2, -0.15) is 0 Å². The van der Waals surface area contributed by atoms with Gasteiger partial charge in [0.05, 0.1) is 6.10 Å². The van der Waals surface area contributed by atoms with E-state index in [9.17, 15) is 0 Å². The summed E-state index contributed by atoms with van der Waals surface area (Å²) in [4.78, 5) is 4.22. The summed E-state index contributed by atoms with van der Waals surface area (Å²) in [5, 5.41) is 3.52. The lowest BCUT2D eigenvalue weighted by atomic mass is 9.98. The maximum Gasteiger partial charge on any atom is 0.0543 e. The monoisotopic (exact) mass is 236 g/mol. The van der Waals surface area contributed by atoms with Crippen LogP contribution >= 0.6 is 0 Å². The second-order valence-corrected chi connectivity index (χ2v) is 4.47. The number of ether oxygens (including phenoxy) is 1. The number of hydrogen-bond acceptors (Lipinski definition) is 3. The average molecular weight is 236 g/mol.